The van der Waals surface area contributed by atoms with Crippen molar-refractivity contribution in [2.24, 2.45) is 0 Å². The van der Waals surface area contributed by atoms with E-state index in [-0.39, 0.29) is 0 Å². The topological polar surface area (TPSA) is 77.6 Å². The van der Waals surface area contributed by atoms with Gasteiger partial charge in [-0.3, -0.25) is 15.0 Å². The normalized spacial score (nSPS) is 17.1. The fourth-order valence-corrected chi connectivity index (χ4v) is 2.52. The molecule has 2 rings (SSSR count). The second-order valence-electron chi connectivity index (χ2n) is 5.67. The molecule has 10 heteroatoms. The van der Waals surface area contributed by atoms with Crippen LogP contribution in [-0.2, 0) is 11.0 Å². The smallest absolute Gasteiger partial charge is 0.354 e. The molecule has 2 N–H and O–H groups in total. The SMILES string of the molecule is CNC(=O)NC(=O)[C@H](C)N1CCN(c2ccc(C(F)(F)F)cn2)CC1. The van der Waals surface area contributed by atoms with E-state index in [0.29, 0.717) is 32.0 Å². The van der Waals surface area contributed by atoms with Gasteiger partial charge < -0.3 is 10.2 Å². The molecule has 1 atom stereocenters. The van der Waals surface area contributed by atoms with Crippen LogP contribution in [0, 0.1) is 0 Å². The summed E-state index contributed by atoms with van der Waals surface area (Å²) >= 11 is 0. The Bertz CT molecular complexity index is 613. The molecule has 1 fully saturated rings. The zero-order valence-corrected chi connectivity index (χ0v) is 13.9. The number of carbonyl (C=O) groups excluding carboxylic acids is 2. The van der Waals surface area contributed by atoms with E-state index >= 15 is 0 Å². The van der Waals surface area contributed by atoms with Gasteiger partial charge in [0.25, 0.3) is 0 Å². The first kappa shape index (κ1) is 19.0. The van der Waals surface area contributed by atoms with E-state index in [1.165, 1.54) is 13.1 Å². The number of rotatable bonds is 3. The molecule has 7 nitrogen and oxygen atoms in total. The Labute approximate surface area is 143 Å². The molecule has 0 bridgehead atoms. The summed E-state index contributed by atoms with van der Waals surface area (Å²) < 4.78 is 37.7. The Hall–Kier alpha value is -2.36. The maximum atomic E-state index is 12.6. The minimum absolute atomic E-state index is 0.402. The van der Waals surface area contributed by atoms with Gasteiger partial charge in [-0.15, -0.1) is 0 Å². The number of nitrogens with zero attached hydrogens (tertiary/aromatic N) is 3. The van der Waals surface area contributed by atoms with Crippen LogP contribution >= 0.6 is 0 Å². The summed E-state index contributed by atoms with van der Waals surface area (Å²) in [6.07, 6.45) is -3.58. The molecule has 1 aliphatic heterocycles. The van der Waals surface area contributed by atoms with Crippen LogP contribution in [0.5, 0.6) is 0 Å². The third kappa shape index (κ3) is 4.81. The van der Waals surface area contributed by atoms with Gasteiger partial charge in [0.05, 0.1) is 11.6 Å². The van der Waals surface area contributed by atoms with Crippen molar-refractivity contribution >= 4 is 17.8 Å². The van der Waals surface area contributed by atoms with E-state index in [1.807, 2.05) is 9.80 Å². The number of urea groups is 1. The van der Waals surface area contributed by atoms with Crippen LogP contribution in [0.1, 0.15) is 12.5 Å². The average molecular weight is 359 g/mol. The number of carbonyl (C=O) groups is 2. The van der Waals surface area contributed by atoms with Gasteiger partial charge in [-0.05, 0) is 19.1 Å². The molecule has 0 radical (unpaired) electrons. The number of nitrogens with one attached hydrogen (secondary N) is 2. The van der Waals surface area contributed by atoms with Crippen LogP contribution in [0.3, 0.4) is 0 Å². The molecule has 0 aromatic carbocycles. The lowest BCUT2D eigenvalue weighted by Gasteiger charge is -2.37. The number of pyridine rings is 1. The number of anilines is 1. The van der Waals surface area contributed by atoms with Crippen LogP contribution in [0.2, 0.25) is 0 Å². The second-order valence-corrected chi connectivity index (χ2v) is 5.67. The summed E-state index contributed by atoms with van der Waals surface area (Å²) in [5.41, 5.74) is -0.783. The van der Waals surface area contributed by atoms with Crippen LogP contribution in [0.4, 0.5) is 23.8 Å². The van der Waals surface area contributed by atoms with Crippen molar-refractivity contribution < 1.29 is 22.8 Å². The number of hydrogen-bond donors (Lipinski definition) is 2. The molecule has 2 heterocycles. The predicted octanol–water partition coefficient (Wildman–Crippen LogP) is 1.07. The Morgan fingerprint density at radius 2 is 1.84 bits per heavy atom. The highest BCUT2D eigenvalue weighted by molar-refractivity contribution is 5.96. The number of amides is 3. The van der Waals surface area contributed by atoms with Gasteiger partial charge in [-0.2, -0.15) is 13.2 Å². The number of imide groups is 1. The van der Waals surface area contributed by atoms with E-state index in [4.69, 9.17) is 0 Å². The highest BCUT2D eigenvalue weighted by atomic mass is 19.4. The van der Waals surface area contributed by atoms with Crippen LogP contribution in [0.25, 0.3) is 0 Å². The molecule has 138 valence electrons. The quantitative estimate of drug-likeness (QED) is 0.844. The monoisotopic (exact) mass is 359 g/mol. The zero-order chi connectivity index (χ0) is 18.6. The highest BCUT2D eigenvalue weighted by Gasteiger charge is 2.31. The number of aromatic nitrogens is 1. The van der Waals surface area contributed by atoms with E-state index in [1.54, 1.807) is 6.92 Å². The fourth-order valence-electron chi connectivity index (χ4n) is 2.52. The van der Waals surface area contributed by atoms with Crippen LogP contribution in [-0.4, -0.2) is 61.1 Å². The Morgan fingerprint density at radius 1 is 1.20 bits per heavy atom. The van der Waals surface area contributed by atoms with Gasteiger partial charge in [-0.1, -0.05) is 0 Å². The number of alkyl halides is 3. The number of halogens is 3. The van der Waals surface area contributed by atoms with Crippen molar-refractivity contribution in [3.63, 3.8) is 0 Å². The predicted molar refractivity (Wildman–Crippen MR) is 85.1 cm³/mol. The molecule has 0 saturated carbocycles. The maximum absolute atomic E-state index is 12.6. The molecular weight excluding hydrogens is 339 g/mol. The van der Waals surface area contributed by atoms with Crippen molar-refractivity contribution in [1.82, 2.24) is 20.5 Å². The van der Waals surface area contributed by atoms with Crippen molar-refractivity contribution in [2.75, 3.05) is 38.1 Å². The molecule has 0 unspecified atom stereocenters. The Kier molecular flexibility index (Phi) is 5.83. The van der Waals surface area contributed by atoms with Gasteiger partial charge in [0.2, 0.25) is 5.91 Å². The van der Waals surface area contributed by atoms with Crippen molar-refractivity contribution in [3.05, 3.63) is 23.9 Å². The number of piperazine rings is 1. The third-order valence-corrected chi connectivity index (χ3v) is 4.10. The molecule has 1 saturated heterocycles. The van der Waals surface area contributed by atoms with Gasteiger partial charge in [0, 0.05) is 39.4 Å². The Morgan fingerprint density at radius 3 is 2.32 bits per heavy atom. The first-order chi connectivity index (χ1) is 11.7. The van der Waals surface area contributed by atoms with Crippen LogP contribution < -0.4 is 15.5 Å². The van der Waals surface area contributed by atoms with Crippen LogP contribution in [0.15, 0.2) is 18.3 Å². The summed E-state index contributed by atoms with van der Waals surface area (Å²) in [7, 11) is 1.42. The van der Waals surface area contributed by atoms with Gasteiger partial charge >= 0.3 is 12.2 Å². The summed E-state index contributed by atoms with van der Waals surface area (Å²) in [6, 6.07) is 1.30. The molecule has 0 aliphatic carbocycles. The van der Waals surface area contributed by atoms with E-state index in [9.17, 15) is 22.8 Å². The summed E-state index contributed by atoms with van der Waals surface area (Å²) in [4.78, 5) is 30.8. The minimum Gasteiger partial charge on any atom is -0.354 e. The molecule has 1 aromatic rings. The van der Waals surface area contributed by atoms with E-state index in [2.05, 4.69) is 15.6 Å². The minimum atomic E-state index is -4.40. The average Bonchev–Trinajstić information content (AvgIpc) is 2.60. The Balaban J connectivity index is 1.91. The summed E-state index contributed by atoms with van der Waals surface area (Å²) in [5, 5.41) is 4.54. The standard InChI is InChI=1S/C15H20F3N5O2/c1-10(13(24)21-14(25)19-2)22-5-7-23(8-6-22)12-4-3-11(9-20-12)15(16,17)18/h3-4,9-10H,5-8H2,1-2H3,(H2,19,21,24,25)/t10-/m0/s1. The van der Waals surface area contributed by atoms with Crippen molar-refractivity contribution in [1.29, 1.82) is 0 Å². The molecule has 1 aliphatic rings. The lowest BCUT2D eigenvalue weighted by atomic mass is 10.2. The molecule has 25 heavy (non-hydrogen) atoms. The van der Waals surface area contributed by atoms with E-state index < -0.39 is 29.7 Å². The molecular formula is C15H20F3N5O2. The molecule has 3 amide bonds. The maximum Gasteiger partial charge on any atom is 0.417 e. The first-order valence-electron chi connectivity index (χ1n) is 7.77. The van der Waals surface area contributed by atoms with Gasteiger partial charge in [0.15, 0.2) is 0 Å². The highest BCUT2D eigenvalue weighted by Crippen LogP contribution is 2.29. The van der Waals surface area contributed by atoms with Gasteiger partial charge in [0.1, 0.15) is 5.82 Å². The summed E-state index contributed by atoms with van der Waals surface area (Å²) in [5.74, 6) is 0.0653. The second kappa shape index (κ2) is 7.68. The summed E-state index contributed by atoms with van der Waals surface area (Å²) in [6.45, 7) is 3.81. The lowest BCUT2D eigenvalue weighted by molar-refractivity contribution is -0.137. The van der Waals surface area contributed by atoms with Crippen molar-refractivity contribution in [2.45, 2.75) is 19.1 Å². The fraction of sp³-hybridized carbons (Fsp3) is 0.533. The largest absolute Gasteiger partial charge is 0.417 e. The zero-order valence-electron chi connectivity index (χ0n) is 13.9. The first-order valence-corrected chi connectivity index (χ1v) is 7.77. The molecule has 0 spiro atoms. The van der Waals surface area contributed by atoms with E-state index in [0.717, 1.165) is 12.3 Å². The molecule has 1 aromatic heterocycles. The number of hydrogen-bond acceptors (Lipinski definition) is 5. The lowest BCUT2D eigenvalue weighted by Crippen LogP contribution is -2.55. The van der Waals surface area contributed by atoms with Gasteiger partial charge in [-0.25, -0.2) is 9.78 Å². The third-order valence-electron chi connectivity index (χ3n) is 4.10. The van der Waals surface area contributed by atoms with Crippen molar-refractivity contribution in [3.8, 4) is 0 Å².